The molecule has 0 saturated heterocycles. The van der Waals surface area contributed by atoms with Crippen LogP contribution >= 0.6 is 23.2 Å². The zero-order chi connectivity index (χ0) is 15.2. The summed E-state index contributed by atoms with van der Waals surface area (Å²) in [5.41, 5.74) is 1.19. The van der Waals surface area contributed by atoms with E-state index in [1.165, 1.54) is 6.20 Å². The Kier molecular flexibility index (Phi) is 5.25. The molecular formula is C14H13Cl2N3O2. The van der Waals surface area contributed by atoms with Gasteiger partial charge in [0.25, 0.3) is 0 Å². The molecule has 0 aliphatic carbocycles. The van der Waals surface area contributed by atoms with Crippen LogP contribution in [-0.2, 0) is 4.74 Å². The monoisotopic (exact) mass is 325 g/mol. The predicted molar refractivity (Wildman–Crippen MR) is 84.6 cm³/mol. The fourth-order valence-electron chi connectivity index (χ4n) is 1.56. The average molecular weight is 326 g/mol. The lowest BCUT2D eigenvalue weighted by Crippen LogP contribution is -2.13. The van der Waals surface area contributed by atoms with Crippen LogP contribution in [0.5, 0.6) is 0 Å². The summed E-state index contributed by atoms with van der Waals surface area (Å²) in [5.74, 6) is 0.577. The Labute approximate surface area is 132 Å². The summed E-state index contributed by atoms with van der Waals surface area (Å²) in [6, 6.07) is 8.51. The molecule has 1 heterocycles. The Hall–Kier alpha value is -1.98. The van der Waals surface area contributed by atoms with E-state index in [9.17, 15) is 4.79 Å². The highest BCUT2D eigenvalue weighted by molar-refractivity contribution is 6.35. The first-order chi connectivity index (χ1) is 10.1. The lowest BCUT2D eigenvalue weighted by atomic mass is 10.3. The van der Waals surface area contributed by atoms with Gasteiger partial charge in [-0.25, -0.2) is 9.78 Å². The highest BCUT2D eigenvalue weighted by Gasteiger charge is 2.05. The van der Waals surface area contributed by atoms with Crippen molar-refractivity contribution in [1.29, 1.82) is 0 Å². The third-order valence-corrected chi connectivity index (χ3v) is 3.04. The molecule has 0 aliphatic rings. The smallest absolute Gasteiger partial charge is 0.411 e. The van der Waals surface area contributed by atoms with Gasteiger partial charge in [0.1, 0.15) is 5.82 Å². The summed E-state index contributed by atoms with van der Waals surface area (Å²) >= 11 is 12.0. The van der Waals surface area contributed by atoms with Gasteiger partial charge in [0.2, 0.25) is 0 Å². The maximum Gasteiger partial charge on any atom is 0.411 e. The quantitative estimate of drug-likeness (QED) is 0.855. The Morgan fingerprint density at radius 1 is 1.29 bits per heavy atom. The zero-order valence-corrected chi connectivity index (χ0v) is 12.7. The first kappa shape index (κ1) is 15.4. The van der Waals surface area contributed by atoms with Gasteiger partial charge >= 0.3 is 6.09 Å². The minimum atomic E-state index is -0.516. The van der Waals surface area contributed by atoms with E-state index < -0.39 is 6.09 Å². The zero-order valence-electron chi connectivity index (χ0n) is 11.2. The molecule has 1 aromatic carbocycles. The van der Waals surface area contributed by atoms with Gasteiger partial charge in [0.15, 0.2) is 0 Å². The summed E-state index contributed by atoms with van der Waals surface area (Å²) in [5, 5.41) is 6.71. The molecule has 0 aliphatic heterocycles. The maximum atomic E-state index is 11.3. The maximum absolute atomic E-state index is 11.3. The van der Waals surface area contributed by atoms with Gasteiger partial charge in [-0.3, -0.25) is 5.32 Å². The highest BCUT2D eigenvalue weighted by Crippen LogP contribution is 2.27. The normalized spacial score (nSPS) is 10.0. The van der Waals surface area contributed by atoms with Crippen LogP contribution in [-0.4, -0.2) is 17.7 Å². The summed E-state index contributed by atoms with van der Waals surface area (Å²) in [4.78, 5) is 15.4. The summed E-state index contributed by atoms with van der Waals surface area (Å²) in [7, 11) is 0. The Morgan fingerprint density at radius 3 is 2.76 bits per heavy atom. The van der Waals surface area contributed by atoms with Crippen LogP contribution in [0.2, 0.25) is 10.0 Å². The van der Waals surface area contributed by atoms with Crippen LogP contribution in [0.25, 0.3) is 0 Å². The molecule has 0 bridgehead atoms. The van der Waals surface area contributed by atoms with Crippen LogP contribution in [0.15, 0.2) is 36.5 Å². The predicted octanol–water partition coefficient (Wildman–Crippen LogP) is 4.70. The van der Waals surface area contributed by atoms with E-state index >= 15 is 0 Å². The Morgan fingerprint density at radius 2 is 2.10 bits per heavy atom. The van der Waals surface area contributed by atoms with E-state index in [4.69, 9.17) is 27.9 Å². The van der Waals surface area contributed by atoms with Crippen LogP contribution < -0.4 is 10.6 Å². The second-order valence-electron chi connectivity index (χ2n) is 4.03. The van der Waals surface area contributed by atoms with Crippen LogP contribution in [0, 0.1) is 0 Å². The minimum Gasteiger partial charge on any atom is -0.450 e. The number of nitrogens with zero attached hydrogens (tertiary/aromatic N) is 1. The molecule has 2 rings (SSSR count). The third kappa shape index (κ3) is 4.51. The van der Waals surface area contributed by atoms with E-state index in [-0.39, 0.29) is 0 Å². The first-order valence-corrected chi connectivity index (χ1v) is 6.96. The van der Waals surface area contributed by atoms with Crippen molar-refractivity contribution < 1.29 is 9.53 Å². The molecule has 7 heteroatoms. The largest absolute Gasteiger partial charge is 0.450 e. The van der Waals surface area contributed by atoms with Gasteiger partial charge in [-0.1, -0.05) is 23.2 Å². The number of hydrogen-bond acceptors (Lipinski definition) is 4. The molecule has 1 amide bonds. The van der Waals surface area contributed by atoms with Gasteiger partial charge in [0.05, 0.1) is 29.2 Å². The molecule has 0 spiro atoms. The average Bonchev–Trinajstić information content (AvgIpc) is 2.45. The number of rotatable bonds is 4. The third-order valence-electron chi connectivity index (χ3n) is 2.48. The number of benzene rings is 1. The van der Waals surface area contributed by atoms with Crippen molar-refractivity contribution in [1.82, 2.24) is 4.98 Å². The van der Waals surface area contributed by atoms with E-state index in [0.29, 0.717) is 33.8 Å². The number of aromatic nitrogens is 1. The van der Waals surface area contributed by atoms with Crippen molar-refractivity contribution in [3.05, 3.63) is 46.6 Å². The molecular weight excluding hydrogens is 313 g/mol. The topological polar surface area (TPSA) is 63.2 Å². The fourth-order valence-corrected chi connectivity index (χ4v) is 1.89. The number of nitrogens with one attached hydrogen (secondary N) is 2. The van der Waals surface area contributed by atoms with Gasteiger partial charge in [-0.05, 0) is 37.3 Å². The standard InChI is InChI=1S/C14H13Cl2N3O2/c1-2-21-14(20)18-10-4-6-13(17-8-10)19-12-7-9(15)3-5-11(12)16/h3-8H,2H2,1H3,(H,17,19)(H,18,20). The van der Waals surface area contributed by atoms with Crippen molar-refractivity contribution in [2.45, 2.75) is 6.92 Å². The molecule has 21 heavy (non-hydrogen) atoms. The van der Waals surface area contributed by atoms with Crippen molar-refractivity contribution in [3.8, 4) is 0 Å². The molecule has 2 aromatic rings. The molecule has 0 radical (unpaired) electrons. The van der Waals surface area contributed by atoms with Crippen molar-refractivity contribution in [2.24, 2.45) is 0 Å². The Balaban J connectivity index is 2.05. The molecule has 1 aromatic heterocycles. The van der Waals surface area contributed by atoms with Gasteiger partial charge in [-0.2, -0.15) is 0 Å². The molecule has 110 valence electrons. The SMILES string of the molecule is CCOC(=O)Nc1ccc(Nc2cc(Cl)ccc2Cl)nc1. The molecule has 5 nitrogen and oxygen atoms in total. The van der Waals surface area contributed by atoms with Crippen LogP contribution in [0.3, 0.4) is 0 Å². The fraction of sp³-hybridized carbons (Fsp3) is 0.143. The molecule has 0 fully saturated rings. The highest BCUT2D eigenvalue weighted by atomic mass is 35.5. The summed E-state index contributed by atoms with van der Waals surface area (Å²) < 4.78 is 4.78. The first-order valence-electron chi connectivity index (χ1n) is 6.20. The number of carbonyl (C=O) groups excluding carboxylic acids is 1. The van der Waals surface area contributed by atoms with Crippen molar-refractivity contribution in [3.63, 3.8) is 0 Å². The van der Waals surface area contributed by atoms with Gasteiger partial charge in [0, 0.05) is 5.02 Å². The number of halogens is 2. The van der Waals surface area contributed by atoms with E-state index in [1.54, 1.807) is 37.3 Å². The molecule has 0 saturated carbocycles. The van der Waals surface area contributed by atoms with E-state index in [2.05, 4.69) is 15.6 Å². The Bertz CT molecular complexity index is 633. The van der Waals surface area contributed by atoms with Crippen LogP contribution in [0.1, 0.15) is 6.92 Å². The number of ether oxygens (including phenoxy) is 1. The van der Waals surface area contributed by atoms with Crippen molar-refractivity contribution >= 4 is 46.5 Å². The number of anilines is 3. The number of pyridine rings is 1. The second-order valence-corrected chi connectivity index (χ2v) is 4.87. The lowest BCUT2D eigenvalue weighted by molar-refractivity contribution is 0.168. The summed E-state index contributed by atoms with van der Waals surface area (Å²) in [6.45, 7) is 2.05. The number of hydrogen-bond donors (Lipinski definition) is 2. The molecule has 0 unspecified atom stereocenters. The number of carbonyl (C=O) groups is 1. The van der Waals surface area contributed by atoms with Gasteiger partial charge in [-0.15, -0.1) is 0 Å². The molecule has 0 atom stereocenters. The lowest BCUT2D eigenvalue weighted by Gasteiger charge is -2.09. The summed E-state index contributed by atoms with van der Waals surface area (Å²) in [6.07, 6.45) is 0.996. The van der Waals surface area contributed by atoms with Crippen LogP contribution in [0.4, 0.5) is 22.0 Å². The molecule has 2 N–H and O–H groups in total. The van der Waals surface area contributed by atoms with E-state index in [1.807, 2.05) is 0 Å². The van der Waals surface area contributed by atoms with Gasteiger partial charge < -0.3 is 10.1 Å². The van der Waals surface area contributed by atoms with Crippen molar-refractivity contribution in [2.75, 3.05) is 17.2 Å². The minimum absolute atomic E-state index is 0.312. The van der Waals surface area contributed by atoms with E-state index in [0.717, 1.165) is 0 Å². The second kappa shape index (κ2) is 7.15. The number of amides is 1.